The third-order valence-electron chi connectivity index (χ3n) is 3.35. The number of hydrogen-bond donors (Lipinski definition) is 1. The van der Waals surface area contributed by atoms with Crippen molar-refractivity contribution < 1.29 is 14.3 Å². The van der Waals surface area contributed by atoms with E-state index < -0.39 is 5.97 Å². The highest BCUT2D eigenvalue weighted by atomic mass is 79.9. The molecule has 1 aliphatic rings. The highest BCUT2D eigenvalue weighted by Crippen LogP contribution is 2.36. The Morgan fingerprint density at radius 3 is 2.87 bits per heavy atom. The van der Waals surface area contributed by atoms with E-state index in [9.17, 15) is 9.59 Å². The molecule has 3 rings (SSSR count). The summed E-state index contributed by atoms with van der Waals surface area (Å²) in [5.41, 5.74) is 1.04. The number of esters is 1. The van der Waals surface area contributed by atoms with E-state index in [1.165, 1.54) is 11.3 Å². The molecule has 1 fully saturated rings. The lowest BCUT2D eigenvalue weighted by molar-refractivity contribution is -0.117. The summed E-state index contributed by atoms with van der Waals surface area (Å²) in [6, 6.07) is 7.64. The fourth-order valence-corrected chi connectivity index (χ4v) is 3.40. The lowest BCUT2D eigenvalue weighted by Gasteiger charge is -2.03. The summed E-state index contributed by atoms with van der Waals surface area (Å²) in [6.45, 7) is 2.00. The van der Waals surface area contributed by atoms with Crippen molar-refractivity contribution in [3.63, 3.8) is 0 Å². The molecule has 1 N–H and O–H groups in total. The molecule has 5 nitrogen and oxygen atoms in total. The minimum absolute atomic E-state index is 0.0556. The molecule has 0 atom stereocenters. The predicted molar refractivity (Wildman–Crippen MR) is 92.6 cm³/mol. The molecule has 0 saturated heterocycles. The quantitative estimate of drug-likeness (QED) is 0.775. The summed E-state index contributed by atoms with van der Waals surface area (Å²) in [4.78, 5) is 28.5. The molecule has 1 aromatic heterocycles. The van der Waals surface area contributed by atoms with Gasteiger partial charge < -0.3 is 10.1 Å². The Kier molecular flexibility index (Phi) is 4.77. The van der Waals surface area contributed by atoms with Gasteiger partial charge in [0, 0.05) is 16.0 Å². The first-order valence-electron chi connectivity index (χ1n) is 7.33. The number of rotatable bonds is 5. The number of ether oxygens (including phenoxy) is 1. The van der Waals surface area contributed by atoms with Crippen LogP contribution in [0.5, 0.6) is 0 Å². The molecule has 1 heterocycles. The second-order valence-electron chi connectivity index (χ2n) is 5.19. The number of halogens is 1. The molecule has 0 bridgehead atoms. The number of carbonyl (C=O) groups excluding carboxylic acids is 2. The van der Waals surface area contributed by atoms with Crippen LogP contribution in [0.15, 0.2) is 28.7 Å². The fraction of sp³-hybridized carbons (Fsp3) is 0.312. The first-order chi connectivity index (χ1) is 11.1. The van der Waals surface area contributed by atoms with Crippen LogP contribution in [0.3, 0.4) is 0 Å². The number of hydrogen-bond acceptors (Lipinski definition) is 5. The van der Waals surface area contributed by atoms with E-state index in [1.807, 2.05) is 24.3 Å². The molecule has 0 spiro atoms. The Labute approximate surface area is 146 Å². The number of nitrogens with zero attached hydrogens (tertiary/aromatic N) is 1. The maximum atomic E-state index is 12.1. The van der Waals surface area contributed by atoms with Crippen molar-refractivity contribution in [3.8, 4) is 10.6 Å². The minimum atomic E-state index is -0.518. The van der Waals surface area contributed by atoms with Gasteiger partial charge in [0.05, 0.1) is 6.61 Å². The highest BCUT2D eigenvalue weighted by Gasteiger charge is 2.31. The Balaban J connectivity index is 1.94. The molecule has 1 saturated carbocycles. The maximum absolute atomic E-state index is 12.1. The van der Waals surface area contributed by atoms with Gasteiger partial charge in [0.15, 0.2) is 5.69 Å². The van der Waals surface area contributed by atoms with Crippen molar-refractivity contribution in [2.75, 3.05) is 11.9 Å². The van der Waals surface area contributed by atoms with Gasteiger partial charge in [-0.25, -0.2) is 9.78 Å². The molecule has 7 heteroatoms. The average Bonchev–Trinajstić information content (AvgIpc) is 3.29. The molecular formula is C16H15BrN2O3S. The number of thiazole rings is 1. The van der Waals surface area contributed by atoms with E-state index in [1.54, 1.807) is 6.92 Å². The van der Waals surface area contributed by atoms with Gasteiger partial charge in [-0.3, -0.25) is 4.79 Å². The fourth-order valence-electron chi connectivity index (χ4n) is 2.05. The third-order valence-corrected chi connectivity index (χ3v) is 4.87. The summed E-state index contributed by atoms with van der Waals surface area (Å²) < 4.78 is 5.97. The number of amides is 1. The van der Waals surface area contributed by atoms with Crippen LogP contribution in [0.2, 0.25) is 0 Å². The summed E-state index contributed by atoms with van der Waals surface area (Å²) in [5, 5.41) is 3.94. The number of benzene rings is 1. The largest absolute Gasteiger partial charge is 0.461 e. The lowest BCUT2D eigenvalue weighted by Crippen LogP contribution is -2.15. The van der Waals surface area contributed by atoms with Gasteiger partial charge in [0.25, 0.3) is 0 Å². The van der Waals surface area contributed by atoms with Gasteiger partial charge in [-0.05, 0) is 31.9 Å². The summed E-state index contributed by atoms with van der Waals surface area (Å²) >= 11 is 4.71. The standard InChI is InChI=1S/C16H15BrN2O3S/c1-2-22-16(21)12-15(19-13(20)9-6-7-9)23-14(18-12)10-4-3-5-11(17)8-10/h3-5,8-9H,2,6-7H2,1H3,(H,19,20). The van der Waals surface area contributed by atoms with Crippen LogP contribution in [0, 0.1) is 5.92 Å². The van der Waals surface area contributed by atoms with Crippen LogP contribution in [0.4, 0.5) is 5.00 Å². The van der Waals surface area contributed by atoms with Gasteiger partial charge in [-0.2, -0.15) is 0 Å². The molecule has 2 aromatic rings. The molecule has 0 unspecified atom stereocenters. The van der Waals surface area contributed by atoms with Gasteiger partial charge in [0.2, 0.25) is 5.91 Å². The highest BCUT2D eigenvalue weighted by molar-refractivity contribution is 9.10. The van der Waals surface area contributed by atoms with Gasteiger partial charge >= 0.3 is 5.97 Å². The van der Waals surface area contributed by atoms with E-state index in [0.717, 1.165) is 22.9 Å². The Bertz CT molecular complexity index is 756. The number of carbonyl (C=O) groups is 2. The van der Waals surface area contributed by atoms with Crippen molar-refractivity contribution in [3.05, 3.63) is 34.4 Å². The lowest BCUT2D eigenvalue weighted by atomic mass is 10.2. The summed E-state index contributed by atoms with van der Waals surface area (Å²) in [6.07, 6.45) is 1.80. The molecule has 1 aliphatic carbocycles. The second kappa shape index (κ2) is 6.80. The first-order valence-corrected chi connectivity index (χ1v) is 8.94. The van der Waals surface area contributed by atoms with Crippen LogP contribution in [-0.4, -0.2) is 23.5 Å². The summed E-state index contributed by atoms with van der Waals surface area (Å²) in [5.74, 6) is -0.516. The molecule has 0 aliphatic heterocycles. The average molecular weight is 395 g/mol. The van der Waals surface area contributed by atoms with Crippen LogP contribution in [0.25, 0.3) is 10.6 Å². The van der Waals surface area contributed by atoms with Crippen molar-refractivity contribution in [2.24, 2.45) is 5.92 Å². The number of aromatic nitrogens is 1. The molecule has 120 valence electrons. The smallest absolute Gasteiger partial charge is 0.360 e. The Morgan fingerprint density at radius 1 is 1.43 bits per heavy atom. The normalized spacial score (nSPS) is 13.7. The zero-order valence-electron chi connectivity index (χ0n) is 12.5. The minimum Gasteiger partial charge on any atom is -0.461 e. The zero-order valence-corrected chi connectivity index (χ0v) is 14.9. The monoisotopic (exact) mass is 394 g/mol. The van der Waals surface area contributed by atoms with Crippen LogP contribution < -0.4 is 5.32 Å². The number of nitrogens with one attached hydrogen (secondary N) is 1. The van der Waals surface area contributed by atoms with Crippen molar-refractivity contribution in [1.82, 2.24) is 4.98 Å². The van der Waals surface area contributed by atoms with E-state index in [2.05, 4.69) is 26.2 Å². The van der Waals surface area contributed by atoms with E-state index in [4.69, 9.17) is 4.74 Å². The first kappa shape index (κ1) is 16.1. The maximum Gasteiger partial charge on any atom is 0.360 e. The zero-order chi connectivity index (χ0) is 16.4. The second-order valence-corrected chi connectivity index (χ2v) is 7.11. The van der Waals surface area contributed by atoms with E-state index in [0.29, 0.717) is 10.0 Å². The predicted octanol–water partition coefficient (Wildman–Crippen LogP) is 4.10. The van der Waals surface area contributed by atoms with Crippen molar-refractivity contribution in [1.29, 1.82) is 0 Å². The molecular weight excluding hydrogens is 380 g/mol. The van der Waals surface area contributed by atoms with E-state index >= 15 is 0 Å². The van der Waals surface area contributed by atoms with Gasteiger partial charge in [-0.1, -0.05) is 39.4 Å². The molecule has 1 amide bonds. The Morgan fingerprint density at radius 2 is 2.22 bits per heavy atom. The van der Waals surface area contributed by atoms with Crippen molar-refractivity contribution >= 4 is 44.1 Å². The molecule has 1 aromatic carbocycles. The van der Waals surface area contributed by atoms with Gasteiger partial charge in [-0.15, -0.1) is 0 Å². The number of anilines is 1. The molecule has 23 heavy (non-hydrogen) atoms. The van der Waals surface area contributed by atoms with E-state index in [-0.39, 0.29) is 24.1 Å². The molecule has 0 radical (unpaired) electrons. The SMILES string of the molecule is CCOC(=O)c1nc(-c2cccc(Br)c2)sc1NC(=O)C1CC1. The summed E-state index contributed by atoms with van der Waals surface area (Å²) in [7, 11) is 0. The van der Waals surface area contributed by atoms with Crippen LogP contribution >= 0.6 is 27.3 Å². The van der Waals surface area contributed by atoms with Crippen molar-refractivity contribution in [2.45, 2.75) is 19.8 Å². The Hall–Kier alpha value is -1.73. The van der Waals surface area contributed by atoms with Crippen LogP contribution in [-0.2, 0) is 9.53 Å². The van der Waals surface area contributed by atoms with Crippen LogP contribution in [0.1, 0.15) is 30.3 Å². The van der Waals surface area contributed by atoms with Gasteiger partial charge in [0.1, 0.15) is 10.0 Å². The topological polar surface area (TPSA) is 68.3 Å². The third kappa shape index (κ3) is 3.79.